The van der Waals surface area contributed by atoms with Gasteiger partial charge in [0, 0.05) is 12.0 Å². The Balaban J connectivity index is 2.08. The van der Waals surface area contributed by atoms with Gasteiger partial charge in [0.2, 0.25) is 0 Å². The van der Waals surface area contributed by atoms with Crippen LogP contribution in [0.15, 0.2) is 52.5 Å². The lowest BCUT2D eigenvalue weighted by molar-refractivity contribution is -0.141. The summed E-state index contributed by atoms with van der Waals surface area (Å²) in [6.07, 6.45) is -5.48. The second-order valence-electron chi connectivity index (χ2n) is 7.08. The fraction of sp³-hybridized carbons (Fsp3) is 0.300. The summed E-state index contributed by atoms with van der Waals surface area (Å²) in [7, 11) is -3.28. The molecule has 1 atom stereocenters. The molecule has 33 heavy (non-hydrogen) atoms. The third-order valence-corrected chi connectivity index (χ3v) is 6.72. The number of halogens is 3. The number of methoxy groups -OCH3 is 1. The van der Waals surface area contributed by atoms with Gasteiger partial charge in [-0.15, -0.1) is 0 Å². The molecule has 0 bridgehead atoms. The lowest BCUT2D eigenvalue weighted by atomic mass is 10.1. The van der Waals surface area contributed by atoms with Gasteiger partial charge in [0.25, 0.3) is 10.0 Å². The zero-order valence-corrected chi connectivity index (χ0v) is 18.1. The number of nitrogens with two attached hydrogens (primary N) is 1. The van der Waals surface area contributed by atoms with Crippen molar-refractivity contribution in [3.8, 4) is 5.75 Å². The van der Waals surface area contributed by atoms with E-state index in [4.69, 9.17) is 15.7 Å². The first-order valence-corrected chi connectivity index (χ1v) is 11.0. The number of nitrogens with zero attached hydrogens (tertiary/aromatic N) is 2. The molecule has 0 unspecified atom stereocenters. The molecule has 1 heterocycles. The Labute approximate surface area is 187 Å². The summed E-state index contributed by atoms with van der Waals surface area (Å²) in [5.74, 6) is -0.734. The molecule has 1 aliphatic heterocycles. The van der Waals surface area contributed by atoms with E-state index in [2.05, 4.69) is 9.89 Å². The molecule has 0 saturated heterocycles. The maximum atomic E-state index is 13.4. The van der Waals surface area contributed by atoms with Crippen LogP contribution in [0.3, 0.4) is 0 Å². The molecule has 0 radical (unpaired) electrons. The maximum absolute atomic E-state index is 13.4. The number of carbonyl (C=O) groups excluding carboxylic acids is 1. The molecule has 2 aromatic carbocycles. The highest BCUT2D eigenvalue weighted by atomic mass is 32.2. The minimum absolute atomic E-state index is 0.00849. The third-order valence-electron chi connectivity index (χ3n) is 4.94. The predicted octanol–water partition coefficient (Wildman–Crippen LogP) is 2.71. The monoisotopic (exact) mass is 487 g/mol. The van der Waals surface area contributed by atoms with Crippen molar-refractivity contribution >= 4 is 27.5 Å². The molecule has 0 spiro atoms. The van der Waals surface area contributed by atoms with Crippen molar-refractivity contribution in [2.75, 3.05) is 18.0 Å². The number of amidine groups is 1. The van der Waals surface area contributed by atoms with E-state index in [1.807, 2.05) is 0 Å². The van der Waals surface area contributed by atoms with E-state index in [0.717, 1.165) is 22.5 Å². The standard InChI is InChI=1S/C20H20F3N3O6S/c1-31-18(27)8-6-14-11-26(16-9-12(19(24)25-28)5-7-17(16)32-14)33(29,30)15-4-2-3-13(10-15)20(21,22)23/h2-5,7,9-10,14,28H,6,8,11H2,1H3,(H2,24,25)/t14-/m0/s1. The number of ether oxygens (including phenoxy) is 2. The number of fused-ring (bicyclic) bond motifs is 1. The Bertz CT molecular complexity index is 1180. The molecule has 9 nitrogen and oxygen atoms in total. The second-order valence-corrected chi connectivity index (χ2v) is 8.95. The number of hydrogen-bond donors (Lipinski definition) is 2. The summed E-state index contributed by atoms with van der Waals surface area (Å²) in [6.45, 7) is -0.289. The average Bonchev–Trinajstić information content (AvgIpc) is 2.80. The van der Waals surface area contributed by atoms with Crippen molar-refractivity contribution in [1.82, 2.24) is 0 Å². The molecule has 13 heteroatoms. The number of alkyl halides is 3. The summed E-state index contributed by atoms with van der Waals surface area (Å²) in [5, 5.41) is 11.8. The Hall–Kier alpha value is -3.48. The van der Waals surface area contributed by atoms with E-state index in [1.54, 1.807) is 0 Å². The van der Waals surface area contributed by atoms with Gasteiger partial charge in [0.15, 0.2) is 5.84 Å². The number of anilines is 1. The van der Waals surface area contributed by atoms with Gasteiger partial charge in [-0.25, -0.2) is 8.42 Å². The van der Waals surface area contributed by atoms with Crippen LogP contribution in [0, 0.1) is 0 Å². The van der Waals surface area contributed by atoms with Gasteiger partial charge >= 0.3 is 12.1 Å². The van der Waals surface area contributed by atoms with Gasteiger partial charge in [0.1, 0.15) is 11.9 Å². The van der Waals surface area contributed by atoms with Crippen LogP contribution in [0.5, 0.6) is 5.75 Å². The molecule has 0 aromatic heterocycles. The highest BCUT2D eigenvalue weighted by Crippen LogP contribution is 2.39. The van der Waals surface area contributed by atoms with E-state index in [9.17, 15) is 26.4 Å². The fourth-order valence-corrected chi connectivity index (χ4v) is 4.79. The van der Waals surface area contributed by atoms with Crippen LogP contribution in [0.2, 0.25) is 0 Å². The zero-order chi connectivity index (χ0) is 24.4. The number of benzene rings is 2. The first-order valence-electron chi connectivity index (χ1n) is 9.52. The van der Waals surface area contributed by atoms with E-state index >= 15 is 0 Å². The molecule has 0 fully saturated rings. The normalized spacial score (nSPS) is 16.7. The van der Waals surface area contributed by atoms with E-state index in [1.165, 1.54) is 25.3 Å². The molecule has 1 aliphatic rings. The number of hydrogen-bond acceptors (Lipinski definition) is 7. The summed E-state index contributed by atoms with van der Waals surface area (Å²) in [5.41, 5.74) is 4.63. The minimum atomic E-state index is -4.74. The van der Waals surface area contributed by atoms with Crippen LogP contribution >= 0.6 is 0 Å². The molecule has 0 aliphatic carbocycles. The average molecular weight is 487 g/mol. The number of rotatable bonds is 6. The van der Waals surface area contributed by atoms with Gasteiger partial charge in [-0.1, -0.05) is 11.2 Å². The lowest BCUT2D eigenvalue weighted by Crippen LogP contribution is -2.44. The second kappa shape index (κ2) is 9.17. The summed E-state index contributed by atoms with van der Waals surface area (Å²) in [4.78, 5) is 10.9. The van der Waals surface area contributed by atoms with Crippen LogP contribution in [0.1, 0.15) is 24.0 Å². The molecular formula is C20H20F3N3O6S. The van der Waals surface area contributed by atoms with E-state index in [-0.39, 0.29) is 42.2 Å². The zero-order valence-electron chi connectivity index (χ0n) is 17.2. The number of oxime groups is 1. The molecule has 0 saturated carbocycles. The van der Waals surface area contributed by atoms with Crippen molar-refractivity contribution in [2.24, 2.45) is 10.9 Å². The predicted molar refractivity (Wildman–Crippen MR) is 111 cm³/mol. The molecule has 3 N–H and O–H groups in total. The maximum Gasteiger partial charge on any atom is 0.416 e. The summed E-state index contributed by atoms with van der Waals surface area (Å²) in [6, 6.07) is 7.46. The van der Waals surface area contributed by atoms with Crippen LogP contribution < -0.4 is 14.8 Å². The highest BCUT2D eigenvalue weighted by Gasteiger charge is 2.37. The van der Waals surface area contributed by atoms with E-state index in [0.29, 0.717) is 6.07 Å². The van der Waals surface area contributed by atoms with Gasteiger partial charge in [0.05, 0.1) is 29.8 Å². The fourth-order valence-electron chi connectivity index (χ4n) is 3.25. The first kappa shape index (κ1) is 24.2. The number of carbonyl (C=O) groups is 1. The Kier molecular flexibility index (Phi) is 6.72. The molecule has 178 valence electrons. The Morgan fingerprint density at radius 1 is 1.30 bits per heavy atom. The lowest BCUT2D eigenvalue weighted by Gasteiger charge is -2.35. The number of esters is 1. The van der Waals surface area contributed by atoms with Crippen LogP contribution in [0.25, 0.3) is 0 Å². The smallest absolute Gasteiger partial charge is 0.416 e. The van der Waals surface area contributed by atoms with Gasteiger partial charge in [-0.3, -0.25) is 9.10 Å². The van der Waals surface area contributed by atoms with Crippen molar-refractivity contribution in [3.05, 3.63) is 53.6 Å². The molecule has 3 rings (SSSR count). The number of sulfonamides is 1. The summed E-state index contributed by atoms with van der Waals surface area (Å²) < 4.78 is 77.6. The van der Waals surface area contributed by atoms with Crippen molar-refractivity contribution < 1.29 is 41.1 Å². The minimum Gasteiger partial charge on any atom is -0.486 e. The molecular weight excluding hydrogens is 467 g/mol. The first-order chi connectivity index (χ1) is 15.5. The third kappa shape index (κ3) is 5.13. The SMILES string of the molecule is COC(=O)CC[C@H]1CN(S(=O)(=O)c2cccc(C(F)(F)F)c2)c2cc(/C(N)=N/O)ccc2O1. The topological polar surface area (TPSA) is 132 Å². The van der Waals surface area contributed by atoms with Crippen LogP contribution in [-0.4, -0.2) is 45.2 Å². The van der Waals surface area contributed by atoms with Crippen molar-refractivity contribution in [3.63, 3.8) is 0 Å². The largest absolute Gasteiger partial charge is 0.486 e. The van der Waals surface area contributed by atoms with Crippen molar-refractivity contribution in [1.29, 1.82) is 0 Å². The van der Waals surface area contributed by atoms with Crippen LogP contribution in [-0.2, 0) is 25.7 Å². The van der Waals surface area contributed by atoms with E-state index < -0.39 is 38.7 Å². The molecule has 2 aromatic rings. The Morgan fingerprint density at radius 2 is 2.03 bits per heavy atom. The van der Waals surface area contributed by atoms with Gasteiger partial charge in [-0.05, 0) is 42.8 Å². The summed E-state index contributed by atoms with van der Waals surface area (Å²) >= 11 is 0. The van der Waals surface area contributed by atoms with Crippen molar-refractivity contribution in [2.45, 2.75) is 30.0 Å². The Morgan fingerprint density at radius 3 is 2.67 bits per heavy atom. The molecule has 0 amide bonds. The van der Waals surface area contributed by atoms with Gasteiger partial charge in [-0.2, -0.15) is 13.2 Å². The quantitative estimate of drug-likeness (QED) is 0.211. The van der Waals surface area contributed by atoms with Gasteiger partial charge < -0.3 is 20.4 Å². The highest BCUT2D eigenvalue weighted by molar-refractivity contribution is 7.92. The van der Waals surface area contributed by atoms with Crippen LogP contribution in [0.4, 0.5) is 18.9 Å².